The van der Waals surface area contributed by atoms with Gasteiger partial charge in [0.1, 0.15) is 11.5 Å². The van der Waals surface area contributed by atoms with E-state index in [0.29, 0.717) is 11.4 Å². The Morgan fingerprint density at radius 2 is 1.69 bits per heavy atom. The van der Waals surface area contributed by atoms with E-state index in [4.69, 9.17) is 0 Å². The van der Waals surface area contributed by atoms with E-state index in [1.54, 1.807) is 25.1 Å². The molecule has 0 aliphatic heterocycles. The average molecular weight is 350 g/mol. The summed E-state index contributed by atoms with van der Waals surface area (Å²) in [5.74, 6) is -0.360. The zero-order valence-electron chi connectivity index (χ0n) is 14.8. The van der Waals surface area contributed by atoms with Crippen LogP contribution in [-0.4, -0.2) is 15.9 Å². The minimum absolute atomic E-state index is 0.252. The predicted molar refractivity (Wildman–Crippen MR) is 100 cm³/mol. The van der Waals surface area contributed by atoms with Crippen LogP contribution in [0.15, 0.2) is 48.5 Å². The van der Waals surface area contributed by atoms with Gasteiger partial charge < -0.3 is 10.6 Å². The predicted octanol–water partition coefficient (Wildman–Crippen LogP) is 4.54. The van der Waals surface area contributed by atoms with E-state index in [0.717, 1.165) is 16.8 Å². The van der Waals surface area contributed by atoms with E-state index in [-0.39, 0.29) is 23.4 Å². The first-order valence-electron chi connectivity index (χ1n) is 8.17. The third-order valence-electron chi connectivity index (χ3n) is 3.82. The van der Waals surface area contributed by atoms with Crippen molar-refractivity contribution in [1.82, 2.24) is 9.97 Å². The molecule has 0 fully saturated rings. The number of hydrogen-bond acceptors (Lipinski definition) is 4. The number of benzene rings is 2. The molecule has 0 radical (unpaired) electrons. The lowest BCUT2D eigenvalue weighted by Gasteiger charge is -2.11. The maximum absolute atomic E-state index is 13.0. The molecule has 0 bridgehead atoms. The van der Waals surface area contributed by atoms with Crippen LogP contribution in [0.25, 0.3) is 0 Å². The average Bonchev–Trinajstić information content (AvgIpc) is 2.59. The third-order valence-corrected chi connectivity index (χ3v) is 3.82. The van der Waals surface area contributed by atoms with Crippen LogP contribution >= 0.6 is 0 Å². The number of nitrogens with zero attached hydrogens (tertiary/aromatic N) is 2. The van der Waals surface area contributed by atoms with E-state index in [9.17, 15) is 9.18 Å². The molecule has 6 heteroatoms. The maximum Gasteiger partial charge on any atom is 0.274 e. The number of nitrogens with one attached hydrogen (secondary N) is 2. The summed E-state index contributed by atoms with van der Waals surface area (Å²) in [6.07, 6.45) is 0. The molecule has 3 rings (SSSR count). The Bertz CT molecular complexity index is 955. The Balaban J connectivity index is 1.82. The van der Waals surface area contributed by atoms with Gasteiger partial charge in [-0.25, -0.2) is 14.4 Å². The molecule has 0 atom stereocenters. The summed E-state index contributed by atoms with van der Waals surface area (Å²) in [6.45, 7) is 5.72. The van der Waals surface area contributed by atoms with Crippen molar-refractivity contribution in [2.75, 3.05) is 10.6 Å². The molecule has 0 saturated carbocycles. The molecule has 1 heterocycles. The van der Waals surface area contributed by atoms with Gasteiger partial charge in [-0.3, -0.25) is 4.79 Å². The molecule has 1 aromatic heterocycles. The summed E-state index contributed by atoms with van der Waals surface area (Å²) in [4.78, 5) is 21.1. The first kappa shape index (κ1) is 17.5. The molecule has 3 aromatic rings. The van der Waals surface area contributed by atoms with E-state index in [1.165, 1.54) is 12.1 Å². The highest BCUT2D eigenvalue weighted by Crippen LogP contribution is 2.18. The second kappa shape index (κ2) is 7.31. The van der Waals surface area contributed by atoms with Crippen LogP contribution in [0.5, 0.6) is 0 Å². The second-order valence-electron chi connectivity index (χ2n) is 6.12. The van der Waals surface area contributed by atoms with E-state index < -0.39 is 0 Å². The largest absolute Gasteiger partial charge is 0.324 e. The van der Waals surface area contributed by atoms with Gasteiger partial charge in [0.15, 0.2) is 0 Å². The lowest BCUT2D eigenvalue weighted by Crippen LogP contribution is -2.16. The van der Waals surface area contributed by atoms with Crippen molar-refractivity contribution < 1.29 is 9.18 Å². The smallest absolute Gasteiger partial charge is 0.274 e. The van der Waals surface area contributed by atoms with Crippen molar-refractivity contribution >= 4 is 23.2 Å². The summed E-state index contributed by atoms with van der Waals surface area (Å²) in [5, 5.41) is 5.85. The van der Waals surface area contributed by atoms with Gasteiger partial charge in [-0.2, -0.15) is 0 Å². The van der Waals surface area contributed by atoms with Gasteiger partial charge in [-0.05, 0) is 62.7 Å². The monoisotopic (exact) mass is 350 g/mol. The topological polar surface area (TPSA) is 66.9 Å². The summed E-state index contributed by atoms with van der Waals surface area (Å²) < 4.78 is 13.0. The number of carbonyl (C=O) groups excluding carboxylic acids is 1. The van der Waals surface area contributed by atoms with Gasteiger partial charge in [-0.1, -0.05) is 17.7 Å². The number of hydrogen-bond donors (Lipinski definition) is 2. The molecular formula is C20H19FN4O. The molecule has 0 spiro atoms. The highest BCUT2D eigenvalue weighted by Gasteiger charge is 2.12. The van der Waals surface area contributed by atoms with Crippen LogP contribution in [0, 0.1) is 26.6 Å². The van der Waals surface area contributed by atoms with Crippen LogP contribution in [-0.2, 0) is 0 Å². The normalized spacial score (nSPS) is 10.5. The van der Waals surface area contributed by atoms with Gasteiger partial charge in [0, 0.05) is 17.1 Å². The Kier molecular flexibility index (Phi) is 4.93. The van der Waals surface area contributed by atoms with Crippen LogP contribution in [0.1, 0.15) is 27.3 Å². The van der Waals surface area contributed by atoms with E-state index >= 15 is 0 Å². The molecule has 0 aliphatic rings. The van der Waals surface area contributed by atoms with Gasteiger partial charge in [-0.15, -0.1) is 0 Å². The number of aryl methyl sites for hydroxylation is 3. The Hall–Kier alpha value is -3.28. The maximum atomic E-state index is 13.0. The van der Waals surface area contributed by atoms with Crippen molar-refractivity contribution in [1.29, 1.82) is 0 Å². The minimum Gasteiger partial charge on any atom is -0.324 e. The van der Waals surface area contributed by atoms with Crippen molar-refractivity contribution in [2.24, 2.45) is 0 Å². The SMILES string of the molecule is Cc1ccc(NC(=O)c2cc(C)nc(Nc3ccc(F)cc3)n2)c(C)c1. The molecule has 0 aliphatic carbocycles. The fraction of sp³-hybridized carbons (Fsp3) is 0.150. The lowest BCUT2D eigenvalue weighted by molar-refractivity contribution is 0.102. The first-order valence-corrected chi connectivity index (χ1v) is 8.17. The van der Waals surface area contributed by atoms with Crippen molar-refractivity contribution in [3.05, 3.63) is 76.9 Å². The highest BCUT2D eigenvalue weighted by atomic mass is 19.1. The highest BCUT2D eigenvalue weighted by molar-refractivity contribution is 6.03. The number of amides is 1. The summed E-state index contributed by atoms with van der Waals surface area (Å²) in [5.41, 5.74) is 4.39. The number of halogens is 1. The summed E-state index contributed by atoms with van der Waals surface area (Å²) in [7, 11) is 0. The number of anilines is 3. The molecule has 26 heavy (non-hydrogen) atoms. The van der Waals surface area contributed by atoms with Crippen molar-refractivity contribution in [3.8, 4) is 0 Å². The molecule has 0 unspecified atom stereocenters. The Morgan fingerprint density at radius 1 is 0.962 bits per heavy atom. The van der Waals surface area contributed by atoms with Gasteiger partial charge in [0.05, 0.1) is 0 Å². The fourth-order valence-corrected chi connectivity index (χ4v) is 2.54. The van der Waals surface area contributed by atoms with Gasteiger partial charge >= 0.3 is 0 Å². The minimum atomic E-state index is -0.325. The molecular weight excluding hydrogens is 331 g/mol. The summed E-state index contributed by atoms with van der Waals surface area (Å²) >= 11 is 0. The quantitative estimate of drug-likeness (QED) is 0.725. The lowest BCUT2D eigenvalue weighted by atomic mass is 10.1. The molecule has 5 nitrogen and oxygen atoms in total. The Morgan fingerprint density at radius 3 is 2.38 bits per heavy atom. The van der Waals surface area contributed by atoms with E-state index in [2.05, 4.69) is 20.6 Å². The Labute approximate surface area is 151 Å². The van der Waals surface area contributed by atoms with Crippen LogP contribution in [0.2, 0.25) is 0 Å². The fourth-order valence-electron chi connectivity index (χ4n) is 2.54. The summed E-state index contributed by atoms with van der Waals surface area (Å²) in [6, 6.07) is 13.3. The number of rotatable bonds is 4. The molecule has 1 amide bonds. The van der Waals surface area contributed by atoms with Crippen LogP contribution < -0.4 is 10.6 Å². The zero-order chi connectivity index (χ0) is 18.7. The standard InChI is InChI=1S/C20H19FN4O/c1-12-4-9-17(13(2)10-12)24-19(26)18-11-14(3)22-20(25-18)23-16-7-5-15(21)6-8-16/h4-11H,1-3H3,(H,24,26)(H,22,23,25). The molecule has 2 N–H and O–H groups in total. The van der Waals surface area contributed by atoms with Crippen LogP contribution in [0.3, 0.4) is 0 Å². The molecule has 2 aromatic carbocycles. The number of carbonyl (C=O) groups is 1. The first-order chi connectivity index (χ1) is 12.4. The van der Waals surface area contributed by atoms with Crippen molar-refractivity contribution in [3.63, 3.8) is 0 Å². The van der Waals surface area contributed by atoms with Gasteiger partial charge in [0.25, 0.3) is 5.91 Å². The second-order valence-corrected chi connectivity index (χ2v) is 6.12. The number of aromatic nitrogens is 2. The van der Waals surface area contributed by atoms with Crippen molar-refractivity contribution in [2.45, 2.75) is 20.8 Å². The zero-order valence-corrected chi connectivity index (χ0v) is 14.8. The third kappa shape index (κ3) is 4.22. The molecule has 0 saturated heterocycles. The van der Waals surface area contributed by atoms with E-state index in [1.807, 2.05) is 32.0 Å². The van der Waals surface area contributed by atoms with Crippen LogP contribution in [0.4, 0.5) is 21.7 Å². The molecule has 132 valence electrons. The van der Waals surface area contributed by atoms with Gasteiger partial charge in [0.2, 0.25) is 5.95 Å².